The third-order valence-electron chi connectivity index (χ3n) is 3.62. The molecule has 1 rings (SSSR count). The van der Waals surface area contributed by atoms with Gasteiger partial charge in [-0.3, -0.25) is 9.59 Å². The van der Waals surface area contributed by atoms with Crippen molar-refractivity contribution in [3.05, 3.63) is 0 Å². The van der Waals surface area contributed by atoms with Crippen LogP contribution in [0.5, 0.6) is 0 Å². The average molecular weight is 256 g/mol. The molecule has 1 N–H and O–H groups in total. The van der Waals surface area contributed by atoms with Crippen LogP contribution in [0.3, 0.4) is 0 Å². The number of hydrogen-bond donors (Lipinski definition) is 1. The summed E-state index contributed by atoms with van der Waals surface area (Å²) in [5.74, 6) is -0.826. The van der Waals surface area contributed by atoms with Crippen LogP contribution in [0, 0.1) is 0 Å². The Hall–Kier alpha value is -1.10. The highest BCUT2D eigenvalue weighted by Gasteiger charge is 2.19. The average Bonchev–Trinajstić information content (AvgIpc) is 2.35. The van der Waals surface area contributed by atoms with Gasteiger partial charge in [0, 0.05) is 26.1 Å². The lowest BCUT2D eigenvalue weighted by Gasteiger charge is -2.28. The molecule has 1 saturated heterocycles. The van der Waals surface area contributed by atoms with Crippen molar-refractivity contribution < 1.29 is 14.7 Å². The Morgan fingerprint density at radius 2 is 1.89 bits per heavy atom. The van der Waals surface area contributed by atoms with Crippen molar-refractivity contribution in [2.45, 2.75) is 45.1 Å². The fourth-order valence-electron chi connectivity index (χ4n) is 2.25. The molecule has 1 amide bonds. The zero-order valence-corrected chi connectivity index (χ0v) is 11.4. The third-order valence-corrected chi connectivity index (χ3v) is 3.62. The van der Waals surface area contributed by atoms with Crippen LogP contribution < -0.4 is 0 Å². The Bertz CT molecular complexity index is 288. The van der Waals surface area contributed by atoms with E-state index < -0.39 is 5.97 Å². The first-order valence-electron chi connectivity index (χ1n) is 6.70. The van der Waals surface area contributed by atoms with Crippen molar-refractivity contribution in [1.29, 1.82) is 0 Å². The van der Waals surface area contributed by atoms with E-state index in [-0.39, 0.29) is 18.4 Å². The summed E-state index contributed by atoms with van der Waals surface area (Å²) in [5.41, 5.74) is 0. The Morgan fingerprint density at radius 1 is 1.28 bits per heavy atom. The number of carboxylic acid groups (broad SMARTS) is 1. The van der Waals surface area contributed by atoms with Crippen LogP contribution in [0.1, 0.15) is 39.0 Å². The Morgan fingerprint density at radius 3 is 2.44 bits per heavy atom. The smallest absolute Gasteiger partial charge is 0.305 e. The Labute approximate surface area is 109 Å². The topological polar surface area (TPSA) is 60.9 Å². The van der Waals surface area contributed by atoms with E-state index in [4.69, 9.17) is 5.11 Å². The monoisotopic (exact) mass is 256 g/mol. The van der Waals surface area contributed by atoms with E-state index in [1.807, 2.05) is 0 Å². The normalized spacial score (nSPS) is 18.3. The molecule has 0 radical (unpaired) electrons. The number of carbonyl (C=O) groups is 2. The van der Waals surface area contributed by atoms with E-state index in [9.17, 15) is 9.59 Å². The maximum atomic E-state index is 11.9. The molecule has 1 heterocycles. The van der Waals surface area contributed by atoms with Crippen molar-refractivity contribution in [1.82, 2.24) is 9.80 Å². The van der Waals surface area contributed by atoms with E-state index in [2.05, 4.69) is 4.90 Å². The molecule has 1 aliphatic rings. The highest BCUT2D eigenvalue weighted by molar-refractivity contribution is 5.77. The summed E-state index contributed by atoms with van der Waals surface area (Å²) < 4.78 is 0. The maximum Gasteiger partial charge on any atom is 0.305 e. The lowest BCUT2D eigenvalue weighted by Crippen LogP contribution is -2.39. The van der Waals surface area contributed by atoms with Crippen LogP contribution in [-0.4, -0.2) is 59.5 Å². The first-order valence-corrected chi connectivity index (χ1v) is 6.70. The second kappa shape index (κ2) is 7.36. The second-order valence-electron chi connectivity index (χ2n) is 5.10. The molecule has 5 heteroatoms. The van der Waals surface area contributed by atoms with E-state index in [1.165, 1.54) is 19.3 Å². The molecule has 5 nitrogen and oxygen atoms in total. The number of amides is 1. The standard InChI is InChI=1S/C13H24N2O3/c1-11(10-13(17)18)14(2)12(16)6-9-15-7-4-3-5-8-15/h11H,3-10H2,1-2H3,(H,17,18). The van der Waals surface area contributed by atoms with Crippen LogP contribution in [0.2, 0.25) is 0 Å². The number of nitrogens with zero attached hydrogens (tertiary/aromatic N) is 2. The number of rotatable bonds is 6. The summed E-state index contributed by atoms with van der Waals surface area (Å²) >= 11 is 0. The van der Waals surface area contributed by atoms with Crippen molar-refractivity contribution in [2.75, 3.05) is 26.7 Å². The maximum absolute atomic E-state index is 11.9. The van der Waals surface area contributed by atoms with Crippen molar-refractivity contribution in [3.63, 3.8) is 0 Å². The quantitative estimate of drug-likeness (QED) is 0.775. The molecule has 0 spiro atoms. The summed E-state index contributed by atoms with van der Waals surface area (Å²) in [5, 5.41) is 8.70. The lowest BCUT2D eigenvalue weighted by atomic mass is 10.1. The summed E-state index contributed by atoms with van der Waals surface area (Å²) in [6.07, 6.45) is 4.23. The van der Waals surface area contributed by atoms with Gasteiger partial charge in [-0.2, -0.15) is 0 Å². The number of piperidine rings is 1. The van der Waals surface area contributed by atoms with Crippen LogP contribution in [-0.2, 0) is 9.59 Å². The predicted octanol–water partition coefficient (Wildman–Crippen LogP) is 1.18. The van der Waals surface area contributed by atoms with Gasteiger partial charge in [0.15, 0.2) is 0 Å². The number of aliphatic carboxylic acids is 1. The molecule has 104 valence electrons. The van der Waals surface area contributed by atoms with Gasteiger partial charge < -0.3 is 14.9 Å². The van der Waals surface area contributed by atoms with Gasteiger partial charge in [0.25, 0.3) is 0 Å². The van der Waals surface area contributed by atoms with E-state index >= 15 is 0 Å². The highest BCUT2D eigenvalue weighted by Crippen LogP contribution is 2.10. The van der Waals surface area contributed by atoms with Crippen LogP contribution >= 0.6 is 0 Å². The molecule has 1 unspecified atom stereocenters. The largest absolute Gasteiger partial charge is 0.481 e. The number of carbonyl (C=O) groups excluding carboxylic acids is 1. The van der Waals surface area contributed by atoms with Gasteiger partial charge in [0.05, 0.1) is 6.42 Å². The van der Waals surface area contributed by atoms with Crippen LogP contribution in [0.15, 0.2) is 0 Å². The number of carboxylic acids is 1. The van der Waals surface area contributed by atoms with Crippen molar-refractivity contribution >= 4 is 11.9 Å². The van der Waals surface area contributed by atoms with E-state index in [1.54, 1.807) is 18.9 Å². The van der Waals surface area contributed by atoms with Crippen LogP contribution in [0.4, 0.5) is 0 Å². The molecule has 0 saturated carbocycles. The Kier molecular flexibility index (Phi) is 6.12. The van der Waals surface area contributed by atoms with Gasteiger partial charge in [-0.25, -0.2) is 0 Å². The molecule has 1 fully saturated rings. The second-order valence-corrected chi connectivity index (χ2v) is 5.10. The van der Waals surface area contributed by atoms with Gasteiger partial charge in [0.2, 0.25) is 5.91 Å². The molecular weight excluding hydrogens is 232 g/mol. The third kappa shape index (κ3) is 5.04. The number of hydrogen-bond acceptors (Lipinski definition) is 3. The van der Waals surface area contributed by atoms with Gasteiger partial charge in [0.1, 0.15) is 0 Å². The van der Waals surface area contributed by atoms with E-state index in [0.29, 0.717) is 6.42 Å². The van der Waals surface area contributed by atoms with Gasteiger partial charge in [-0.15, -0.1) is 0 Å². The number of likely N-dealkylation sites (tertiary alicyclic amines) is 1. The zero-order chi connectivity index (χ0) is 13.5. The molecular formula is C13H24N2O3. The summed E-state index contributed by atoms with van der Waals surface area (Å²) in [6.45, 7) is 4.74. The molecule has 18 heavy (non-hydrogen) atoms. The Balaban J connectivity index is 2.28. The first kappa shape index (κ1) is 15.0. The molecule has 1 atom stereocenters. The molecule has 0 aliphatic carbocycles. The van der Waals surface area contributed by atoms with Crippen molar-refractivity contribution in [2.24, 2.45) is 0 Å². The minimum absolute atomic E-state index is 0.00591. The van der Waals surface area contributed by atoms with Crippen molar-refractivity contribution in [3.8, 4) is 0 Å². The highest BCUT2D eigenvalue weighted by atomic mass is 16.4. The summed E-state index contributed by atoms with van der Waals surface area (Å²) in [4.78, 5) is 26.4. The lowest BCUT2D eigenvalue weighted by molar-refractivity contribution is -0.140. The molecule has 0 aromatic rings. The zero-order valence-electron chi connectivity index (χ0n) is 11.4. The molecule has 1 aliphatic heterocycles. The van der Waals surface area contributed by atoms with E-state index in [0.717, 1.165) is 19.6 Å². The minimum atomic E-state index is -0.863. The summed E-state index contributed by atoms with van der Waals surface area (Å²) in [7, 11) is 1.69. The first-order chi connectivity index (χ1) is 8.50. The van der Waals surface area contributed by atoms with Crippen LogP contribution in [0.25, 0.3) is 0 Å². The molecule has 0 bridgehead atoms. The van der Waals surface area contributed by atoms with Gasteiger partial charge >= 0.3 is 5.97 Å². The van der Waals surface area contributed by atoms with Gasteiger partial charge in [-0.05, 0) is 32.9 Å². The minimum Gasteiger partial charge on any atom is -0.481 e. The summed E-state index contributed by atoms with van der Waals surface area (Å²) in [6, 6.07) is -0.239. The predicted molar refractivity (Wildman–Crippen MR) is 69.4 cm³/mol. The fourth-order valence-corrected chi connectivity index (χ4v) is 2.25. The van der Waals surface area contributed by atoms with Gasteiger partial charge in [-0.1, -0.05) is 6.42 Å². The fraction of sp³-hybridized carbons (Fsp3) is 0.846. The molecule has 0 aromatic carbocycles. The molecule has 0 aromatic heterocycles. The SMILES string of the molecule is CC(CC(=O)O)N(C)C(=O)CCN1CCCCC1.